The molecule has 1 saturated heterocycles. The number of ether oxygens (including phenoxy) is 2. The zero-order valence-electron chi connectivity index (χ0n) is 7.30. The molecule has 0 aliphatic carbocycles. The Kier molecular flexibility index (Phi) is 2.87. The van der Waals surface area contributed by atoms with Crippen LogP contribution in [0.25, 0.3) is 0 Å². The van der Waals surface area contributed by atoms with Crippen LogP contribution in [-0.2, 0) is 9.47 Å². The number of nitrogens with two attached hydrogens (primary N) is 1. The van der Waals surface area contributed by atoms with E-state index >= 15 is 0 Å². The molecule has 0 amide bonds. The highest BCUT2D eigenvalue weighted by molar-refractivity contribution is 4.74. The molecular formula is C8H17NO2. The SMILES string of the molecule is CC(C)(CN)OC1CCOC1. The van der Waals surface area contributed by atoms with Gasteiger partial charge in [-0.2, -0.15) is 0 Å². The molecule has 3 nitrogen and oxygen atoms in total. The molecule has 1 aliphatic heterocycles. The van der Waals surface area contributed by atoms with Crippen LogP contribution < -0.4 is 5.73 Å². The summed E-state index contributed by atoms with van der Waals surface area (Å²) in [5.41, 5.74) is 5.32. The molecule has 0 aromatic heterocycles. The number of hydrogen-bond donors (Lipinski definition) is 1. The molecule has 1 heterocycles. The first-order chi connectivity index (χ1) is 5.14. The first-order valence-corrected chi connectivity index (χ1v) is 4.10. The van der Waals surface area contributed by atoms with Crippen LogP contribution in [0.15, 0.2) is 0 Å². The first-order valence-electron chi connectivity index (χ1n) is 4.10. The fraction of sp³-hybridized carbons (Fsp3) is 1.00. The zero-order valence-corrected chi connectivity index (χ0v) is 7.30. The van der Waals surface area contributed by atoms with Crippen LogP contribution >= 0.6 is 0 Å². The number of hydrogen-bond acceptors (Lipinski definition) is 3. The van der Waals surface area contributed by atoms with Gasteiger partial charge in [-0.05, 0) is 20.3 Å². The van der Waals surface area contributed by atoms with Crippen molar-refractivity contribution in [2.75, 3.05) is 19.8 Å². The molecule has 1 unspecified atom stereocenters. The predicted octanol–water partition coefficient (Wildman–Crippen LogP) is 0.529. The van der Waals surface area contributed by atoms with Gasteiger partial charge in [0.1, 0.15) is 0 Å². The lowest BCUT2D eigenvalue weighted by atomic mass is 10.1. The minimum Gasteiger partial charge on any atom is -0.379 e. The topological polar surface area (TPSA) is 44.5 Å². The molecule has 66 valence electrons. The summed E-state index contributed by atoms with van der Waals surface area (Å²) in [6.45, 7) is 6.12. The van der Waals surface area contributed by atoms with Gasteiger partial charge in [-0.25, -0.2) is 0 Å². The van der Waals surface area contributed by atoms with E-state index in [4.69, 9.17) is 15.2 Å². The Labute approximate surface area is 67.9 Å². The summed E-state index contributed by atoms with van der Waals surface area (Å²) in [6, 6.07) is 0. The summed E-state index contributed by atoms with van der Waals surface area (Å²) in [7, 11) is 0. The van der Waals surface area contributed by atoms with Crippen LogP contribution in [0.5, 0.6) is 0 Å². The molecule has 1 aliphatic rings. The van der Waals surface area contributed by atoms with Gasteiger partial charge in [0.2, 0.25) is 0 Å². The second-order valence-corrected chi connectivity index (χ2v) is 3.57. The Morgan fingerprint density at radius 1 is 1.64 bits per heavy atom. The van der Waals surface area contributed by atoms with Gasteiger partial charge < -0.3 is 15.2 Å². The van der Waals surface area contributed by atoms with Crippen molar-refractivity contribution in [3.8, 4) is 0 Å². The predicted molar refractivity (Wildman–Crippen MR) is 43.4 cm³/mol. The highest BCUT2D eigenvalue weighted by Crippen LogP contribution is 2.16. The molecule has 0 radical (unpaired) electrons. The second-order valence-electron chi connectivity index (χ2n) is 3.57. The maximum Gasteiger partial charge on any atom is 0.0838 e. The summed E-state index contributed by atoms with van der Waals surface area (Å²) in [6.07, 6.45) is 1.26. The van der Waals surface area contributed by atoms with Crippen LogP contribution in [0.4, 0.5) is 0 Å². The Morgan fingerprint density at radius 3 is 2.82 bits per heavy atom. The minimum absolute atomic E-state index is 0.196. The first kappa shape index (κ1) is 8.97. The zero-order chi connectivity index (χ0) is 8.32. The van der Waals surface area contributed by atoms with Crippen LogP contribution in [0.2, 0.25) is 0 Å². The molecule has 0 aromatic rings. The Bertz CT molecular complexity index is 119. The van der Waals surface area contributed by atoms with Gasteiger partial charge in [-0.1, -0.05) is 0 Å². The van der Waals surface area contributed by atoms with Crippen LogP contribution in [0.1, 0.15) is 20.3 Å². The molecule has 11 heavy (non-hydrogen) atoms. The Hall–Kier alpha value is -0.120. The van der Waals surface area contributed by atoms with Crippen molar-refractivity contribution in [3.05, 3.63) is 0 Å². The van der Waals surface area contributed by atoms with Gasteiger partial charge in [0.05, 0.1) is 18.3 Å². The summed E-state index contributed by atoms with van der Waals surface area (Å²) in [5, 5.41) is 0. The van der Waals surface area contributed by atoms with Crippen molar-refractivity contribution in [3.63, 3.8) is 0 Å². The molecule has 0 aromatic carbocycles. The molecule has 1 fully saturated rings. The van der Waals surface area contributed by atoms with E-state index < -0.39 is 0 Å². The summed E-state index contributed by atoms with van der Waals surface area (Å²) >= 11 is 0. The fourth-order valence-electron chi connectivity index (χ4n) is 1.11. The molecule has 0 spiro atoms. The van der Waals surface area contributed by atoms with Crippen LogP contribution in [0.3, 0.4) is 0 Å². The monoisotopic (exact) mass is 159 g/mol. The van der Waals surface area contributed by atoms with E-state index in [0.717, 1.165) is 19.6 Å². The standard InChI is InChI=1S/C8H17NO2/c1-8(2,6-9)11-7-3-4-10-5-7/h7H,3-6,9H2,1-2H3. The largest absolute Gasteiger partial charge is 0.379 e. The van der Waals surface area contributed by atoms with Gasteiger partial charge >= 0.3 is 0 Å². The van der Waals surface area contributed by atoms with Crippen molar-refractivity contribution in [1.29, 1.82) is 0 Å². The fourth-order valence-corrected chi connectivity index (χ4v) is 1.11. The average molecular weight is 159 g/mol. The normalized spacial score (nSPS) is 25.9. The average Bonchev–Trinajstić information content (AvgIpc) is 2.39. The van der Waals surface area contributed by atoms with E-state index in [-0.39, 0.29) is 11.7 Å². The molecule has 1 rings (SSSR count). The van der Waals surface area contributed by atoms with Crippen LogP contribution in [0, 0.1) is 0 Å². The van der Waals surface area contributed by atoms with Gasteiger partial charge in [0.15, 0.2) is 0 Å². The van der Waals surface area contributed by atoms with Gasteiger partial charge in [-0.3, -0.25) is 0 Å². The van der Waals surface area contributed by atoms with Gasteiger partial charge in [-0.15, -0.1) is 0 Å². The van der Waals surface area contributed by atoms with E-state index in [1.54, 1.807) is 0 Å². The maximum absolute atomic E-state index is 5.70. The minimum atomic E-state index is -0.196. The lowest BCUT2D eigenvalue weighted by Crippen LogP contribution is -2.38. The third kappa shape index (κ3) is 2.77. The quantitative estimate of drug-likeness (QED) is 0.653. The van der Waals surface area contributed by atoms with Crippen molar-refractivity contribution in [2.24, 2.45) is 5.73 Å². The molecule has 0 saturated carbocycles. The third-order valence-electron chi connectivity index (χ3n) is 1.87. The number of rotatable bonds is 3. The second kappa shape index (κ2) is 3.52. The van der Waals surface area contributed by atoms with Crippen LogP contribution in [-0.4, -0.2) is 31.5 Å². The van der Waals surface area contributed by atoms with E-state index in [1.165, 1.54) is 0 Å². The highest BCUT2D eigenvalue weighted by atomic mass is 16.6. The molecule has 1 atom stereocenters. The van der Waals surface area contributed by atoms with Crippen molar-refractivity contribution >= 4 is 0 Å². The van der Waals surface area contributed by atoms with E-state index in [9.17, 15) is 0 Å². The van der Waals surface area contributed by atoms with E-state index in [2.05, 4.69) is 0 Å². The molecule has 0 bridgehead atoms. The van der Waals surface area contributed by atoms with E-state index in [0.29, 0.717) is 6.54 Å². The Balaban J connectivity index is 2.28. The summed E-state index contributed by atoms with van der Waals surface area (Å²) < 4.78 is 10.9. The van der Waals surface area contributed by atoms with Crippen molar-refractivity contribution < 1.29 is 9.47 Å². The smallest absolute Gasteiger partial charge is 0.0838 e. The van der Waals surface area contributed by atoms with Gasteiger partial charge in [0, 0.05) is 13.2 Å². The van der Waals surface area contributed by atoms with Crippen molar-refractivity contribution in [1.82, 2.24) is 0 Å². The Morgan fingerprint density at radius 2 is 2.36 bits per heavy atom. The van der Waals surface area contributed by atoms with E-state index in [1.807, 2.05) is 13.8 Å². The lowest BCUT2D eigenvalue weighted by molar-refractivity contribution is -0.0660. The van der Waals surface area contributed by atoms with Gasteiger partial charge in [0.25, 0.3) is 0 Å². The molecule has 3 heteroatoms. The van der Waals surface area contributed by atoms with Crippen molar-refractivity contribution in [2.45, 2.75) is 32.0 Å². The lowest BCUT2D eigenvalue weighted by Gasteiger charge is -2.26. The summed E-state index contributed by atoms with van der Waals surface area (Å²) in [5.74, 6) is 0. The maximum atomic E-state index is 5.70. The summed E-state index contributed by atoms with van der Waals surface area (Å²) in [4.78, 5) is 0. The molecule has 2 N–H and O–H groups in total. The molecular weight excluding hydrogens is 142 g/mol. The third-order valence-corrected chi connectivity index (χ3v) is 1.87. The highest BCUT2D eigenvalue weighted by Gasteiger charge is 2.24.